The van der Waals surface area contributed by atoms with Gasteiger partial charge in [0.1, 0.15) is 11.2 Å². The van der Waals surface area contributed by atoms with Gasteiger partial charge >= 0.3 is 0 Å². The number of para-hydroxylation sites is 3. The molecule has 1 aromatic heterocycles. The van der Waals surface area contributed by atoms with Crippen molar-refractivity contribution in [3.05, 3.63) is 235 Å². The predicted octanol–water partition coefficient (Wildman–Crippen LogP) is 14.2. The van der Waals surface area contributed by atoms with Crippen LogP contribution in [-0.2, 0) is 5.41 Å². The standard InChI is InChI=1S/C53H35NO/c1-4-19-38(20-5-1)53(39-21-6-2-7-22-39)48-29-14-12-25-42(48)43-32-31-41(35-49(43)53)54(40-23-8-3-9-24-40)50-30-15-13-26-44(50)45-27-16-28-46-47-33-36-17-10-11-18-37(36)34-51(47)55-52(45)46/h1-35H. The van der Waals surface area contributed by atoms with Gasteiger partial charge in [0.05, 0.1) is 11.1 Å². The van der Waals surface area contributed by atoms with Crippen LogP contribution in [0.1, 0.15) is 22.3 Å². The van der Waals surface area contributed by atoms with Crippen molar-refractivity contribution in [2.75, 3.05) is 4.90 Å². The van der Waals surface area contributed by atoms with Crippen molar-refractivity contribution in [3.8, 4) is 22.3 Å². The summed E-state index contributed by atoms with van der Waals surface area (Å²) in [5.41, 5.74) is 14.3. The van der Waals surface area contributed by atoms with Gasteiger partial charge < -0.3 is 9.32 Å². The molecule has 0 saturated carbocycles. The third-order valence-electron chi connectivity index (χ3n) is 11.5. The molecule has 0 amide bonds. The average molecular weight is 702 g/mol. The molecular formula is C53H35NO. The van der Waals surface area contributed by atoms with E-state index >= 15 is 0 Å². The first kappa shape index (κ1) is 31.4. The monoisotopic (exact) mass is 701 g/mol. The number of rotatable bonds is 6. The molecule has 0 saturated heterocycles. The zero-order valence-corrected chi connectivity index (χ0v) is 30.1. The quantitative estimate of drug-likeness (QED) is 0.172. The SMILES string of the molecule is c1ccc(N(c2ccc3c(c2)C(c2ccccc2)(c2ccccc2)c2ccccc2-3)c2ccccc2-c2cccc3c2oc2cc4ccccc4cc23)cc1. The van der Waals surface area contributed by atoms with Gasteiger partial charge in [0, 0.05) is 33.3 Å². The molecule has 0 aliphatic heterocycles. The van der Waals surface area contributed by atoms with E-state index in [1.807, 2.05) is 0 Å². The Morgan fingerprint density at radius 1 is 0.364 bits per heavy atom. The van der Waals surface area contributed by atoms with Crippen molar-refractivity contribution in [2.45, 2.75) is 5.41 Å². The predicted molar refractivity (Wildman–Crippen MR) is 229 cm³/mol. The molecule has 1 heterocycles. The molecule has 2 nitrogen and oxygen atoms in total. The topological polar surface area (TPSA) is 16.4 Å². The number of hydrogen-bond acceptors (Lipinski definition) is 2. The van der Waals surface area contributed by atoms with Gasteiger partial charge in [-0.25, -0.2) is 0 Å². The van der Waals surface area contributed by atoms with Crippen LogP contribution in [0.15, 0.2) is 217 Å². The van der Waals surface area contributed by atoms with Gasteiger partial charge in [-0.1, -0.05) is 170 Å². The van der Waals surface area contributed by atoms with E-state index in [0.29, 0.717) is 0 Å². The third kappa shape index (κ3) is 4.75. The van der Waals surface area contributed by atoms with Crippen LogP contribution >= 0.6 is 0 Å². The number of nitrogens with zero attached hydrogens (tertiary/aromatic N) is 1. The van der Waals surface area contributed by atoms with Crippen molar-refractivity contribution in [3.63, 3.8) is 0 Å². The lowest BCUT2D eigenvalue weighted by Crippen LogP contribution is -2.28. The largest absolute Gasteiger partial charge is 0.455 e. The second-order valence-corrected chi connectivity index (χ2v) is 14.4. The van der Waals surface area contributed by atoms with Crippen molar-refractivity contribution in [2.24, 2.45) is 0 Å². The van der Waals surface area contributed by atoms with Crippen LogP contribution in [0.3, 0.4) is 0 Å². The van der Waals surface area contributed by atoms with Crippen LogP contribution in [-0.4, -0.2) is 0 Å². The Labute approximate surface area is 320 Å². The first-order valence-corrected chi connectivity index (χ1v) is 18.9. The maximum Gasteiger partial charge on any atom is 0.143 e. The molecule has 0 bridgehead atoms. The van der Waals surface area contributed by atoms with Crippen LogP contribution in [0.4, 0.5) is 17.1 Å². The number of anilines is 3. The summed E-state index contributed by atoms with van der Waals surface area (Å²) in [6, 6.07) is 77.0. The highest BCUT2D eigenvalue weighted by Gasteiger charge is 2.46. The molecule has 1 aliphatic carbocycles. The minimum atomic E-state index is -0.504. The number of fused-ring (bicyclic) bond motifs is 7. The summed E-state index contributed by atoms with van der Waals surface area (Å²) < 4.78 is 6.80. The van der Waals surface area contributed by atoms with E-state index in [1.54, 1.807) is 0 Å². The van der Waals surface area contributed by atoms with Gasteiger partial charge in [-0.3, -0.25) is 0 Å². The molecule has 0 spiro atoms. The van der Waals surface area contributed by atoms with Crippen LogP contribution in [0.2, 0.25) is 0 Å². The molecule has 0 fully saturated rings. The Balaban J connectivity index is 1.17. The highest BCUT2D eigenvalue weighted by atomic mass is 16.3. The van der Waals surface area contributed by atoms with Crippen LogP contribution in [0.5, 0.6) is 0 Å². The molecule has 10 aromatic rings. The van der Waals surface area contributed by atoms with Crippen LogP contribution < -0.4 is 4.90 Å². The van der Waals surface area contributed by atoms with E-state index in [2.05, 4.69) is 217 Å². The van der Waals surface area contributed by atoms with E-state index < -0.39 is 5.41 Å². The fourth-order valence-corrected chi connectivity index (χ4v) is 9.17. The summed E-state index contributed by atoms with van der Waals surface area (Å²) in [6.45, 7) is 0. The Morgan fingerprint density at radius 2 is 0.945 bits per heavy atom. The Kier molecular flexibility index (Phi) is 7.11. The second kappa shape index (κ2) is 12.5. The molecule has 0 unspecified atom stereocenters. The molecule has 0 N–H and O–H groups in total. The van der Waals surface area contributed by atoms with Gasteiger partial charge in [0.15, 0.2) is 0 Å². The van der Waals surface area contributed by atoms with E-state index in [-0.39, 0.29) is 0 Å². The van der Waals surface area contributed by atoms with Gasteiger partial charge in [0.2, 0.25) is 0 Å². The number of furan rings is 1. The van der Waals surface area contributed by atoms with E-state index in [4.69, 9.17) is 4.42 Å². The Morgan fingerprint density at radius 3 is 1.69 bits per heavy atom. The zero-order valence-electron chi connectivity index (χ0n) is 30.1. The fraction of sp³-hybridized carbons (Fsp3) is 0.0189. The third-order valence-corrected chi connectivity index (χ3v) is 11.5. The summed E-state index contributed by atoms with van der Waals surface area (Å²) in [7, 11) is 0. The van der Waals surface area contributed by atoms with Crippen molar-refractivity contribution >= 4 is 49.8 Å². The Bertz CT molecular complexity index is 3000. The first-order chi connectivity index (χ1) is 27.3. The summed E-state index contributed by atoms with van der Waals surface area (Å²) in [5, 5.41) is 4.63. The molecular weight excluding hydrogens is 667 g/mol. The lowest BCUT2D eigenvalue weighted by molar-refractivity contribution is 0.670. The highest BCUT2D eigenvalue weighted by molar-refractivity contribution is 6.14. The van der Waals surface area contributed by atoms with Gasteiger partial charge in [-0.2, -0.15) is 0 Å². The summed E-state index contributed by atoms with van der Waals surface area (Å²) in [5.74, 6) is 0. The maximum absolute atomic E-state index is 6.80. The molecule has 55 heavy (non-hydrogen) atoms. The summed E-state index contributed by atoms with van der Waals surface area (Å²) in [6.07, 6.45) is 0. The molecule has 0 radical (unpaired) electrons. The van der Waals surface area contributed by atoms with Gasteiger partial charge in [-0.15, -0.1) is 0 Å². The zero-order chi connectivity index (χ0) is 36.3. The molecule has 0 atom stereocenters. The number of hydrogen-bond donors (Lipinski definition) is 0. The first-order valence-electron chi connectivity index (χ1n) is 18.9. The number of benzene rings is 9. The minimum absolute atomic E-state index is 0.504. The molecule has 2 heteroatoms. The van der Waals surface area contributed by atoms with Crippen molar-refractivity contribution in [1.82, 2.24) is 0 Å². The summed E-state index contributed by atoms with van der Waals surface area (Å²) >= 11 is 0. The molecule has 258 valence electrons. The van der Waals surface area contributed by atoms with E-state index in [9.17, 15) is 0 Å². The van der Waals surface area contributed by atoms with Gasteiger partial charge in [-0.05, 0) is 86.6 Å². The van der Waals surface area contributed by atoms with Crippen molar-refractivity contribution < 1.29 is 4.42 Å². The molecule has 11 rings (SSSR count). The van der Waals surface area contributed by atoms with E-state index in [0.717, 1.165) is 50.1 Å². The smallest absolute Gasteiger partial charge is 0.143 e. The Hall–Kier alpha value is -7.16. The normalized spacial score (nSPS) is 12.9. The van der Waals surface area contributed by atoms with Gasteiger partial charge in [0.25, 0.3) is 0 Å². The molecule has 1 aliphatic rings. The minimum Gasteiger partial charge on any atom is -0.455 e. The van der Waals surface area contributed by atoms with Crippen LogP contribution in [0, 0.1) is 0 Å². The lowest BCUT2D eigenvalue weighted by atomic mass is 9.67. The fourth-order valence-electron chi connectivity index (χ4n) is 9.17. The summed E-state index contributed by atoms with van der Waals surface area (Å²) in [4.78, 5) is 2.41. The van der Waals surface area contributed by atoms with E-state index in [1.165, 1.54) is 44.2 Å². The maximum atomic E-state index is 6.80. The highest BCUT2D eigenvalue weighted by Crippen LogP contribution is 2.57. The molecule has 9 aromatic carbocycles. The second-order valence-electron chi connectivity index (χ2n) is 14.4. The lowest BCUT2D eigenvalue weighted by Gasteiger charge is -2.35. The van der Waals surface area contributed by atoms with Crippen molar-refractivity contribution in [1.29, 1.82) is 0 Å². The van der Waals surface area contributed by atoms with Crippen LogP contribution in [0.25, 0.3) is 55.0 Å². The average Bonchev–Trinajstić information content (AvgIpc) is 3.77.